The van der Waals surface area contributed by atoms with Gasteiger partial charge in [0.25, 0.3) is 0 Å². The normalized spacial score (nSPS) is 20.4. The first-order valence-corrected chi connectivity index (χ1v) is 3.95. The number of aldehydes is 1. The van der Waals surface area contributed by atoms with E-state index < -0.39 is 24.4 Å². The zero-order valence-electron chi connectivity index (χ0n) is 8.01. The van der Waals surface area contributed by atoms with E-state index in [2.05, 4.69) is 0 Å². The molecule has 0 aromatic heterocycles. The molecule has 0 amide bonds. The van der Waals surface area contributed by atoms with E-state index in [0.29, 0.717) is 6.29 Å². The molecule has 0 aromatic rings. The Morgan fingerprint density at radius 1 is 1.23 bits per heavy atom. The van der Waals surface area contributed by atoms with Gasteiger partial charge in [-0.25, -0.2) is 0 Å². The van der Waals surface area contributed by atoms with Crippen LogP contribution in [0.15, 0.2) is 0 Å². The Balaban J connectivity index is 4.37. The molecule has 0 saturated carbocycles. The molecule has 0 rings (SSSR count). The maximum absolute atomic E-state index is 10.5. The van der Waals surface area contributed by atoms with E-state index in [1.165, 1.54) is 21.1 Å². The summed E-state index contributed by atoms with van der Waals surface area (Å²) in [7, 11) is 2.67. The van der Waals surface area contributed by atoms with Crippen LogP contribution in [0.4, 0.5) is 0 Å². The van der Waals surface area contributed by atoms with Gasteiger partial charge in [0.2, 0.25) is 0 Å². The lowest BCUT2D eigenvalue weighted by Crippen LogP contribution is -2.46. The molecule has 0 heterocycles. The predicted molar refractivity (Wildman–Crippen MR) is 45.3 cm³/mol. The van der Waals surface area contributed by atoms with Crippen molar-refractivity contribution in [1.82, 2.24) is 0 Å². The summed E-state index contributed by atoms with van der Waals surface area (Å²) in [6, 6.07) is 0. The van der Waals surface area contributed by atoms with E-state index in [1.54, 1.807) is 0 Å². The third-order valence-electron chi connectivity index (χ3n) is 1.83. The molecule has 0 radical (unpaired) electrons. The second-order valence-electron chi connectivity index (χ2n) is 2.77. The van der Waals surface area contributed by atoms with Crippen molar-refractivity contribution in [2.45, 2.75) is 31.3 Å². The Labute approximate surface area is 77.3 Å². The molecular weight excluding hydrogens is 176 g/mol. The number of hydrogen-bond donors (Lipinski definition) is 2. The van der Waals surface area contributed by atoms with Crippen LogP contribution in [0.2, 0.25) is 0 Å². The lowest BCUT2D eigenvalue weighted by Gasteiger charge is -2.26. The third-order valence-corrected chi connectivity index (χ3v) is 1.83. The topological polar surface area (TPSA) is 76.0 Å². The number of rotatable bonds is 6. The van der Waals surface area contributed by atoms with Crippen molar-refractivity contribution in [3.8, 4) is 0 Å². The highest BCUT2D eigenvalue weighted by molar-refractivity contribution is 5.57. The van der Waals surface area contributed by atoms with E-state index >= 15 is 0 Å². The number of carbonyl (C=O) groups is 1. The summed E-state index contributed by atoms with van der Waals surface area (Å²) in [4.78, 5) is 10.5. The third kappa shape index (κ3) is 3.40. The molecule has 0 bridgehead atoms. The second kappa shape index (κ2) is 6.04. The van der Waals surface area contributed by atoms with Gasteiger partial charge in [-0.05, 0) is 6.92 Å². The van der Waals surface area contributed by atoms with Crippen molar-refractivity contribution in [1.29, 1.82) is 0 Å². The largest absolute Gasteiger partial charge is 0.391 e. The summed E-state index contributed by atoms with van der Waals surface area (Å²) >= 11 is 0. The van der Waals surface area contributed by atoms with Gasteiger partial charge in [-0.1, -0.05) is 0 Å². The van der Waals surface area contributed by atoms with Crippen molar-refractivity contribution < 1.29 is 24.5 Å². The highest BCUT2D eigenvalue weighted by atomic mass is 16.5. The van der Waals surface area contributed by atoms with Crippen molar-refractivity contribution in [2.75, 3.05) is 14.2 Å². The SMILES string of the molecule is COC(C=O)C(OC)C(O)C(C)O. The van der Waals surface area contributed by atoms with Crippen LogP contribution in [-0.2, 0) is 14.3 Å². The lowest BCUT2D eigenvalue weighted by atomic mass is 10.0. The van der Waals surface area contributed by atoms with Gasteiger partial charge in [0.15, 0.2) is 6.29 Å². The fraction of sp³-hybridized carbons (Fsp3) is 0.875. The predicted octanol–water partition coefficient (Wildman–Crippen LogP) is -1.04. The fourth-order valence-electron chi connectivity index (χ4n) is 1.01. The number of methoxy groups -OCH3 is 2. The molecule has 0 spiro atoms. The molecule has 5 heteroatoms. The summed E-state index contributed by atoms with van der Waals surface area (Å²) in [5, 5.41) is 18.5. The van der Waals surface area contributed by atoms with E-state index in [0.717, 1.165) is 0 Å². The Morgan fingerprint density at radius 2 is 1.77 bits per heavy atom. The minimum atomic E-state index is -1.14. The van der Waals surface area contributed by atoms with Crippen LogP contribution in [0.1, 0.15) is 6.92 Å². The number of aliphatic hydroxyl groups is 2. The van der Waals surface area contributed by atoms with E-state index in [9.17, 15) is 9.90 Å². The van der Waals surface area contributed by atoms with Crippen LogP contribution in [-0.4, -0.2) is 55.1 Å². The quantitative estimate of drug-likeness (QED) is 0.525. The molecule has 0 saturated heterocycles. The summed E-state index contributed by atoms with van der Waals surface area (Å²) in [6.45, 7) is 1.41. The second-order valence-corrected chi connectivity index (χ2v) is 2.77. The molecule has 0 fully saturated rings. The monoisotopic (exact) mass is 192 g/mol. The van der Waals surface area contributed by atoms with Gasteiger partial charge < -0.3 is 24.5 Å². The van der Waals surface area contributed by atoms with E-state index in [1.807, 2.05) is 0 Å². The number of hydrogen-bond acceptors (Lipinski definition) is 5. The molecule has 13 heavy (non-hydrogen) atoms. The van der Waals surface area contributed by atoms with Crippen LogP contribution in [0.25, 0.3) is 0 Å². The first-order chi connectivity index (χ1) is 6.08. The van der Waals surface area contributed by atoms with Gasteiger partial charge in [-0.2, -0.15) is 0 Å². The van der Waals surface area contributed by atoms with Gasteiger partial charge >= 0.3 is 0 Å². The Bertz CT molecular complexity index is 147. The molecule has 0 aliphatic heterocycles. The summed E-state index contributed by atoms with van der Waals surface area (Å²) in [6.07, 6.45) is -3.29. The molecule has 0 aliphatic carbocycles. The Hall–Kier alpha value is -0.490. The van der Waals surface area contributed by atoms with Crippen LogP contribution >= 0.6 is 0 Å². The van der Waals surface area contributed by atoms with Gasteiger partial charge in [0.05, 0.1) is 6.10 Å². The first kappa shape index (κ1) is 12.5. The number of aliphatic hydroxyl groups excluding tert-OH is 2. The highest BCUT2D eigenvalue weighted by Crippen LogP contribution is 2.09. The molecule has 0 aliphatic rings. The molecule has 4 unspecified atom stereocenters. The van der Waals surface area contributed by atoms with Gasteiger partial charge in [-0.15, -0.1) is 0 Å². The standard InChI is InChI=1S/C8H16O5/c1-5(10)7(11)8(13-3)6(4-9)12-2/h4-8,10-11H,1-3H3. The van der Waals surface area contributed by atoms with Crippen LogP contribution in [0.3, 0.4) is 0 Å². The Kier molecular flexibility index (Phi) is 5.81. The zero-order valence-corrected chi connectivity index (χ0v) is 8.01. The average Bonchev–Trinajstić information content (AvgIpc) is 2.12. The highest BCUT2D eigenvalue weighted by Gasteiger charge is 2.31. The summed E-state index contributed by atoms with van der Waals surface area (Å²) in [5.41, 5.74) is 0. The molecule has 0 aromatic carbocycles. The van der Waals surface area contributed by atoms with Crippen molar-refractivity contribution in [2.24, 2.45) is 0 Å². The molecule has 2 N–H and O–H groups in total. The smallest absolute Gasteiger partial charge is 0.151 e. The molecule has 5 nitrogen and oxygen atoms in total. The lowest BCUT2D eigenvalue weighted by molar-refractivity contribution is -0.143. The average molecular weight is 192 g/mol. The fourth-order valence-corrected chi connectivity index (χ4v) is 1.01. The number of carbonyl (C=O) groups excluding carboxylic acids is 1. The molecule has 78 valence electrons. The van der Waals surface area contributed by atoms with Crippen LogP contribution in [0, 0.1) is 0 Å². The van der Waals surface area contributed by atoms with Crippen molar-refractivity contribution >= 4 is 6.29 Å². The van der Waals surface area contributed by atoms with Crippen LogP contribution < -0.4 is 0 Å². The maximum Gasteiger partial charge on any atom is 0.151 e. The summed E-state index contributed by atoms with van der Waals surface area (Å²) < 4.78 is 9.61. The molecular formula is C8H16O5. The number of ether oxygens (including phenoxy) is 2. The van der Waals surface area contributed by atoms with E-state index in [4.69, 9.17) is 14.6 Å². The van der Waals surface area contributed by atoms with Gasteiger partial charge in [0.1, 0.15) is 18.3 Å². The van der Waals surface area contributed by atoms with E-state index in [-0.39, 0.29) is 0 Å². The Morgan fingerprint density at radius 3 is 2.00 bits per heavy atom. The minimum absolute atomic E-state index is 0.528. The molecule has 4 atom stereocenters. The zero-order chi connectivity index (χ0) is 10.4. The maximum atomic E-state index is 10.5. The van der Waals surface area contributed by atoms with Crippen molar-refractivity contribution in [3.63, 3.8) is 0 Å². The summed E-state index contributed by atoms with van der Waals surface area (Å²) in [5.74, 6) is 0. The minimum Gasteiger partial charge on any atom is -0.391 e. The first-order valence-electron chi connectivity index (χ1n) is 3.95. The van der Waals surface area contributed by atoms with Gasteiger partial charge in [0, 0.05) is 14.2 Å². The van der Waals surface area contributed by atoms with Crippen LogP contribution in [0.5, 0.6) is 0 Å². The van der Waals surface area contributed by atoms with Crippen molar-refractivity contribution in [3.05, 3.63) is 0 Å². The van der Waals surface area contributed by atoms with Gasteiger partial charge in [-0.3, -0.25) is 0 Å².